The summed E-state index contributed by atoms with van der Waals surface area (Å²) in [5.41, 5.74) is 6.69. The van der Waals surface area contributed by atoms with Crippen LogP contribution in [0, 0.1) is 0 Å². The van der Waals surface area contributed by atoms with Gasteiger partial charge in [0.25, 0.3) is 5.91 Å². The lowest BCUT2D eigenvalue weighted by atomic mass is 10.1. The summed E-state index contributed by atoms with van der Waals surface area (Å²) in [4.78, 5) is 22.8. The summed E-state index contributed by atoms with van der Waals surface area (Å²) in [5, 5.41) is 11.0. The van der Waals surface area contributed by atoms with Gasteiger partial charge in [0.15, 0.2) is 17.3 Å². The Hall–Kier alpha value is -2.68. The van der Waals surface area contributed by atoms with Gasteiger partial charge in [-0.1, -0.05) is 0 Å². The molecule has 2 aliphatic heterocycles. The number of hydrogen-bond donors (Lipinski definition) is 3. The molecule has 4 heterocycles. The summed E-state index contributed by atoms with van der Waals surface area (Å²) in [5.74, 6) is 1.16. The molecule has 4 N–H and O–H groups in total. The van der Waals surface area contributed by atoms with Crippen LogP contribution >= 0.6 is 0 Å². The van der Waals surface area contributed by atoms with Gasteiger partial charge in [0.1, 0.15) is 5.82 Å². The van der Waals surface area contributed by atoms with Crippen molar-refractivity contribution in [1.82, 2.24) is 25.1 Å². The van der Waals surface area contributed by atoms with E-state index in [1.165, 1.54) is 6.42 Å². The number of nitrogens with two attached hydrogens (primary N) is 1. The molecule has 0 atom stereocenters. The number of anilines is 3. The van der Waals surface area contributed by atoms with Gasteiger partial charge in [-0.25, -0.2) is 9.97 Å². The van der Waals surface area contributed by atoms with Crippen LogP contribution < -0.4 is 21.3 Å². The fourth-order valence-corrected chi connectivity index (χ4v) is 3.30. The molecule has 1 amide bonds. The predicted octanol–water partition coefficient (Wildman–Crippen LogP) is 0.609. The number of rotatable bonds is 4. The van der Waals surface area contributed by atoms with Gasteiger partial charge in [0, 0.05) is 32.2 Å². The molecule has 9 heteroatoms. The molecule has 0 spiro atoms. The zero-order chi connectivity index (χ0) is 17.2. The Morgan fingerprint density at radius 2 is 2.08 bits per heavy atom. The molecule has 0 aliphatic carbocycles. The highest BCUT2D eigenvalue weighted by molar-refractivity contribution is 5.96. The predicted molar refractivity (Wildman–Crippen MR) is 93.8 cm³/mol. The van der Waals surface area contributed by atoms with Crippen LogP contribution in [0.2, 0.25) is 0 Å². The van der Waals surface area contributed by atoms with E-state index in [-0.39, 0.29) is 5.69 Å². The van der Waals surface area contributed by atoms with Gasteiger partial charge in [-0.3, -0.25) is 9.48 Å². The molecule has 2 aliphatic rings. The van der Waals surface area contributed by atoms with Gasteiger partial charge < -0.3 is 21.3 Å². The number of fused-ring (bicyclic) bond motifs is 1. The number of nitrogens with zero attached hydrogens (tertiary/aromatic N) is 5. The molecule has 1 saturated heterocycles. The van der Waals surface area contributed by atoms with Crippen LogP contribution in [0.4, 0.5) is 17.5 Å². The van der Waals surface area contributed by atoms with Gasteiger partial charge >= 0.3 is 0 Å². The number of carbonyl (C=O) groups excluding carboxylic acids is 1. The quantitative estimate of drug-likeness (QED) is 0.746. The third-order valence-corrected chi connectivity index (χ3v) is 4.59. The second kappa shape index (κ2) is 6.67. The maximum atomic E-state index is 11.7. The van der Waals surface area contributed by atoms with E-state index in [2.05, 4.69) is 30.6 Å². The summed E-state index contributed by atoms with van der Waals surface area (Å²) < 4.78 is 1.95. The largest absolute Gasteiger partial charge is 0.364 e. The Balaban J connectivity index is 1.63. The fourth-order valence-electron chi connectivity index (χ4n) is 3.30. The maximum Gasteiger partial charge on any atom is 0.271 e. The van der Waals surface area contributed by atoms with E-state index in [0.29, 0.717) is 11.6 Å². The second-order valence-corrected chi connectivity index (χ2v) is 6.38. The van der Waals surface area contributed by atoms with Crippen molar-refractivity contribution in [3.8, 4) is 0 Å². The minimum absolute atomic E-state index is 0.129. The summed E-state index contributed by atoms with van der Waals surface area (Å²) in [7, 11) is 0. The lowest BCUT2D eigenvalue weighted by Gasteiger charge is -2.27. The highest BCUT2D eigenvalue weighted by atomic mass is 16.1. The van der Waals surface area contributed by atoms with E-state index >= 15 is 0 Å². The van der Waals surface area contributed by atoms with Gasteiger partial charge in [-0.15, -0.1) is 0 Å². The summed E-state index contributed by atoms with van der Waals surface area (Å²) in [6.07, 6.45) is 5.15. The van der Waals surface area contributed by atoms with Crippen LogP contribution in [0.25, 0.3) is 0 Å². The molecular formula is C16H22N8O. The highest BCUT2D eigenvalue weighted by Gasteiger charge is 2.19. The Kier molecular flexibility index (Phi) is 4.22. The van der Waals surface area contributed by atoms with Gasteiger partial charge in [0.05, 0.1) is 18.4 Å². The molecule has 9 nitrogen and oxygen atoms in total. The summed E-state index contributed by atoms with van der Waals surface area (Å²) in [6.45, 7) is 4.39. The Morgan fingerprint density at radius 3 is 2.84 bits per heavy atom. The van der Waals surface area contributed by atoms with E-state index < -0.39 is 5.91 Å². The van der Waals surface area contributed by atoms with Crippen molar-refractivity contribution < 1.29 is 4.79 Å². The first-order chi connectivity index (χ1) is 12.2. The van der Waals surface area contributed by atoms with Crippen LogP contribution in [0.3, 0.4) is 0 Å². The number of primary amides is 1. The summed E-state index contributed by atoms with van der Waals surface area (Å²) in [6, 6.07) is 1.95. The number of aromatic nitrogens is 4. The third kappa shape index (κ3) is 3.27. The van der Waals surface area contributed by atoms with Crippen molar-refractivity contribution in [2.75, 3.05) is 29.9 Å². The van der Waals surface area contributed by atoms with Crippen molar-refractivity contribution in [1.29, 1.82) is 0 Å². The zero-order valence-electron chi connectivity index (χ0n) is 14.0. The lowest BCUT2D eigenvalue weighted by Crippen LogP contribution is -2.31. The molecule has 25 heavy (non-hydrogen) atoms. The first kappa shape index (κ1) is 15.8. The maximum absolute atomic E-state index is 11.7. The van der Waals surface area contributed by atoms with E-state index in [9.17, 15) is 4.79 Å². The van der Waals surface area contributed by atoms with Crippen LogP contribution in [-0.2, 0) is 13.1 Å². The minimum atomic E-state index is -0.606. The SMILES string of the molecule is NC(=O)c1ncc(N2CCCCC2)nc1Nc1cc2n(n1)CCNC2. The Bertz CT molecular complexity index is 757. The smallest absolute Gasteiger partial charge is 0.271 e. The number of carbonyl (C=O) groups is 1. The van der Waals surface area contributed by atoms with Gasteiger partial charge in [0.2, 0.25) is 0 Å². The lowest BCUT2D eigenvalue weighted by molar-refractivity contribution is 0.0996. The van der Waals surface area contributed by atoms with E-state index in [0.717, 1.165) is 57.1 Å². The molecule has 132 valence electrons. The zero-order valence-corrected chi connectivity index (χ0v) is 14.0. The van der Waals surface area contributed by atoms with Crippen LogP contribution in [0.15, 0.2) is 12.3 Å². The number of piperidine rings is 1. The molecular weight excluding hydrogens is 320 g/mol. The molecule has 0 aromatic carbocycles. The monoisotopic (exact) mass is 342 g/mol. The normalized spacial score (nSPS) is 17.2. The molecule has 0 radical (unpaired) electrons. The van der Waals surface area contributed by atoms with Crippen molar-refractivity contribution in [2.24, 2.45) is 5.73 Å². The van der Waals surface area contributed by atoms with E-state index in [1.54, 1.807) is 6.20 Å². The van der Waals surface area contributed by atoms with E-state index in [1.807, 2.05) is 10.7 Å². The standard InChI is InChI=1S/C16H22N8O/c17-15(25)14-16(20-12-8-11-9-18-4-7-24(11)22-12)21-13(10-19-14)23-5-2-1-3-6-23/h8,10,18H,1-7,9H2,(H2,17,25)(H,20,21,22). The fraction of sp³-hybridized carbons (Fsp3) is 0.500. The number of nitrogens with one attached hydrogen (secondary N) is 2. The van der Waals surface area contributed by atoms with Crippen LogP contribution in [-0.4, -0.2) is 45.3 Å². The first-order valence-electron chi connectivity index (χ1n) is 8.67. The molecule has 2 aromatic rings. The topological polar surface area (TPSA) is 114 Å². The summed E-state index contributed by atoms with van der Waals surface area (Å²) >= 11 is 0. The average Bonchev–Trinajstić information content (AvgIpc) is 3.04. The molecule has 0 saturated carbocycles. The van der Waals surface area contributed by atoms with Gasteiger partial charge in [-0.2, -0.15) is 5.10 Å². The van der Waals surface area contributed by atoms with Crippen LogP contribution in [0.1, 0.15) is 35.4 Å². The van der Waals surface area contributed by atoms with Crippen molar-refractivity contribution >= 4 is 23.4 Å². The Labute approximate surface area is 145 Å². The number of hydrogen-bond acceptors (Lipinski definition) is 7. The minimum Gasteiger partial charge on any atom is -0.364 e. The molecule has 1 fully saturated rings. The second-order valence-electron chi connectivity index (χ2n) is 6.38. The van der Waals surface area contributed by atoms with Crippen molar-refractivity contribution in [3.63, 3.8) is 0 Å². The average molecular weight is 342 g/mol. The molecule has 2 aromatic heterocycles. The molecule has 0 unspecified atom stereocenters. The van der Waals surface area contributed by atoms with Gasteiger partial charge in [-0.05, 0) is 19.3 Å². The molecule has 0 bridgehead atoms. The van der Waals surface area contributed by atoms with E-state index in [4.69, 9.17) is 5.73 Å². The van der Waals surface area contributed by atoms with Crippen LogP contribution in [0.5, 0.6) is 0 Å². The number of amides is 1. The Morgan fingerprint density at radius 1 is 1.24 bits per heavy atom. The first-order valence-corrected chi connectivity index (χ1v) is 8.67. The van der Waals surface area contributed by atoms with Crippen molar-refractivity contribution in [2.45, 2.75) is 32.4 Å². The third-order valence-electron chi connectivity index (χ3n) is 4.59. The van der Waals surface area contributed by atoms with Crippen molar-refractivity contribution in [3.05, 3.63) is 23.7 Å². The molecule has 4 rings (SSSR count). The highest BCUT2D eigenvalue weighted by Crippen LogP contribution is 2.23.